The van der Waals surface area contributed by atoms with Gasteiger partial charge in [0, 0.05) is 23.5 Å². The zero-order chi connectivity index (χ0) is 22.1. The maximum Gasteiger partial charge on any atom is 0.255 e. The largest absolute Gasteiger partial charge is 0.484 e. The third-order valence-electron chi connectivity index (χ3n) is 4.52. The van der Waals surface area contributed by atoms with Crippen LogP contribution in [0.2, 0.25) is 0 Å². The second kappa shape index (κ2) is 10.6. The predicted molar refractivity (Wildman–Crippen MR) is 124 cm³/mol. The predicted octanol–water partition coefficient (Wildman–Crippen LogP) is 4.38. The van der Waals surface area contributed by atoms with Crippen LogP contribution in [-0.4, -0.2) is 18.4 Å². The summed E-state index contributed by atoms with van der Waals surface area (Å²) in [5.41, 5.74) is 8.77. The molecule has 0 saturated heterocycles. The van der Waals surface area contributed by atoms with E-state index in [0.29, 0.717) is 11.4 Å². The number of carbonyl (C=O) groups is 2. The van der Waals surface area contributed by atoms with Gasteiger partial charge < -0.3 is 21.1 Å². The van der Waals surface area contributed by atoms with Crippen molar-refractivity contribution in [1.29, 1.82) is 0 Å². The van der Waals surface area contributed by atoms with E-state index in [-0.39, 0.29) is 18.6 Å². The molecule has 6 heteroatoms. The van der Waals surface area contributed by atoms with Crippen molar-refractivity contribution in [3.05, 3.63) is 96.1 Å². The first kappa shape index (κ1) is 21.6. The Kier molecular flexibility index (Phi) is 7.43. The molecule has 0 aromatic heterocycles. The highest BCUT2D eigenvalue weighted by Crippen LogP contribution is 2.21. The van der Waals surface area contributed by atoms with E-state index >= 15 is 0 Å². The topological polar surface area (TPSA) is 93.4 Å². The lowest BCUT2D eigenvalue weighted by molar-refractivity contribution is -0.120. The molecule has 0 saturated carbocycles. The Balaban J connectivity index is 1.50. The van der Waals surface area contributed by atoms with Crippen LogP contribution in [0, 0.1) is 0 Å². The van der Waals surface area contributed by atoms with E-state index in [1.54, 1.807) is 30.3 Å². The zero-order valence-corrected chi connectivity index (χ0v) is 17.2. The van der Waals surface area contributed by atoms with Gasteiger partial charge in [0.05, 0.1) is 0 Å². The number of carbonyl (C=O) groups excluding carboxylic acids is 2. The van der Waals surface area contributed by atoms with E-state index < -0.39 is 5.91 Å². The van der Waals surface area contributed by atoms with Crippen molar-refractivity contribution in [3.8, 4) is 5.75 Å². The van der Waals surface area contributed by atoms with E-state index in [1.165, 1.54) is 11.6 Å². The van der Waals surface area contributed by atoms with E-state index in [9.17, 15) is 9.59 Å². The Morgan fingerprint density at radius 2 is 1.58 bits per heavy atom. The summed E-state index contributed by atoms with van der Waals surface area (Å²) in [5.74, 6) is -0.224. The fourth-order valence-corrected chi connectivity index (χ4v) is 2.91. The van der Waals surface area contributed by atoms with E-state index in [1.807, 2.05) is 42.5 Å². The number of rotatable bonds is 9. The van der Waals surface area contributed by atoms with E-state index in [0.717, 1.165) is 11.3 Å². The molecule has 2 amide bonds. The summed E-state index contributed by atoms with van der Waals surface area (Å²) in [6.45, 7) is 1.93. The summed E-state index contributed by atoms with van der Waals surface area (Å²) in [4.78, 5) is 22.9. The molecule has 3 aromatic rings. The summed E-state index contributed by atoms with van der Waals surface area (Å²) in [6, 6.07) is 25.0. The number of primary amides is 1. The highest BCUT2D eigenvalue weighted by molar-refractivity contribution is 6.02. The maximum absolute atomic E-state index is 12.2. The van der Waals surface area contributed by atoms with Crippen LogP contribution >= 0.6 is 0 Å². The van der Waals surface area contributed by atoms with Crippen molar-refractivity contribution < 1.29 is 14.3 Å². The first-order valence-corrected chi connectivity index (χ1v) is 9.91. The van der Waals surface area contributed by atoms with Crippen molar-refractivity contribution in [1.82, 2.24) is 0 Å². The van der Waals surface area contributed by atoms with Gasteiger partial charge in [-0.15, -0.1) is 0 Å². The van der Waals surface area contributed by atoms with Crippen LogP contribution in [-0.2, 0) is 9.59 Å². The molecule has 31 heavy (non-hydrogen) atoms. The number of nitrogens with two attached hydrogens (primary N) is 1. The highest BCUT2D eigenvalue weighted by Gasteiger charge is 2.05. The standard InChI is InChI=1S/C25H25N3O3/c1-18(20-5-3-2-4-6-20)27-21-10-12-22(13-11-21)28-25(30)16-9-19-7-14-23(15-8-19)31-17-24(26)29/h2-16,18,27H,17H2,1H3,(H2,26,29)(H,28,30)/b16-9+. The average molecular weight is 415 g/mol. The fourth-order valence-electron chi connectivity index (χ4n) is 2.91. The molecule has 3 rings (SSSR count). The molecule has 4 N–H and O–H groups in total. The minimum Gasteiger partial charge on any atom is -0.484 e. The molecule has 0 radical (unpaired) electrons. The number of amides is 2. The van der Waals surface area contributed by atoms with Gasteiger partial charge in [0.25, 0.3) is 5.91 Å². The Hall–Kier alpha value is -4.06. The molecule has 158 valence electrons. The smallest absolute Gasteiger partial charge is 0.255 e. The molecule has 3 aromatic carbocycles. The minimum atomic E-state index is -0.532. The third-order valence-corrected chi connectivity index (χ3v) is 4.52. The Labute approximate surface area is 181 Å². The lowest BCUT2D eigenvalue weighted by Crippen LogP contribution is -2.19. The molecule has 1 unspecified atom stereocenters. The molecule has 0 fully saturated rings. The summed E-state index contributed by atoms with van der Waals surface area (Å²) in [6.07, 6.45) is 3.16. The summed E-state index contributed by atoms with van der Waals surface area (Å²) < 4.78 is 5.20. The molecular weight excluding hydrogens is 390 g/mol. The quantitative estimate of drug-likeness (QED) is 0.452. The Bertz CT molecular complexity index is 1030. The van der Waals surface area contributed by atoms with Gasteiger partial charge in [-0.2, -0.15) is 0 Å². The Morgan fingerprint density at radius 1 is 0.935 bits per heavy atom. The Morgan fingerprint density at radius 3 is 2.23 bits per heavy atom. The van der Waals surface area contributed by atoms with E-state index in [4.69, 9.17) is 10.5 Å². The summed E-state index contributed by atoms with van der Waals surface area (Å²) >= 11 is 0. The number of hydrogen-bond acceptors (Lipinski definition) is 4. The molecule has 0 aliphatic carbocycles. The van der Waals surface area contributed by atoms with Crippen molar-refractivity contribution in [2.75, 3.05) is 17.2 Å². The SMILES string of the molecule is CC(Nc1ccc(NC(=O)/C=C/c2ccc(OCC(N)=O)cc2)cc1)c1ccccc1. The van der Waals surface area contributed by atoms with Gasteiger partial charge in [0.15, 0.2) is 6.61 Å². The van der Waals surface area contributed by atoms with E-state index in [2.05, 4.69) is 29.7 Å². The van der Waals surface area contributed by atoms with Crippen LogP contribution in [0.4, 0.5) is 11.4 Å². The van der Waals surface area contributed by atoms with Crippen molar-refractivity contribution >= 4 is 29.3 Å². The van der Waals surface area contributed by atoms with Gasteiger partial charge in [-0.3, -0.25) is 9.59 Å². The van der Waals surface area contributed by atoms with Crippen LogP contribution in [0.1, 0.15) is 24.1 Å². The number of ether oxygens (including phenoxy) is 1. The van der Waals surface area contributed by atoms with Gasteiger partial charge in [0.2, 0.25) is 5.91 Å². The maximum atomic E-state index is 12.2. The van der Waals surface area contributed by atoms with Crippen LogP contribution in [0.5, 0.6) is 5.75 Å². The van der Waals surface area contributed by atoms with Crippen molar-refractivity contribution in [3.63, 3.8) is 0 Å². The molecule has 0 bridgehead atoms. The first-order valence-electron chi connectivity index (χ1n) is 9.91. The van der Waals surface area contributed by atoms with Crippen LogP contribution < -0.4 is 21.1 Å². The third kappa shape index (κ3) is 7.04. The number of hydrogen-bond donors (Lipinski definition) is 3. The normalized spacial score (nSPS) is 11.6. The summed E-state index contributed by atoms with van der Waals surface area (Å²) in [5, 5.41) is 6.28. The van der Waals surface area contributed by atoms with Gasteiger partial charge in [0.1, 0.15) is 5.75 Å². The zero-order valence-electron chi connectivity index (χ0n) is 17.2. The molecular formula is C25H25N3O3. The fraction of sp³-hybridized carbons (Fsp3) is 0.120. The number of nitrogens with one attached hydrogen (secondary N) is 2. The molecule has 1 atom stereocenters. The minimum absolute atomic E-state index is 0.170. The molecule has 0 spiro atoms. The van der Waals surface area contributed by atoms with Crippen molar-refractivity contribution in [2.24, 2.45) is 5.73 Å². The van der Waals surface area contributed by atoms with Gasteiger partial charge in [-0.1, -0.05) is 42.5 Å². The van der Waals surface area contributed by atoms with Crippen LogP contribution in [0.15, 0.2) is 84.9 Å². The number of anilines is 2. The molecule has 0 heterocycles. The number of benzene rings is 3. The van der Waals surface area contributed by atoms with Gasteiger partial charge in [-0.05, 0) is 60.5 Å². The lowest BCUT2D eigenvalue weighted by atomic mass is 10.1. The first-order chi connectivity index (χ1) is 15.0. The molecule has 0 aliphatic heterocycles. The monoisotopic (exact) mass is 415 g/mol. The van der Waals surface area contributed by atoms with Crippen LogP contribution in [0.3, 0.4) is 0 Å². The lowest BCUT2D eigenvalue weighted by Gasteiger charge is -2.16. The highest BCUT2D eigenvalue weighted by atomic mass is 16.5. The van der Waals surface area contributed by atoms with Gasteiger partial charge >= 0.3 is 0 Å². The van der Waals surface area contributed by atoms with Gasteiger partial charge in [-0.25, -0.2) is 0 Å². The second-order valence-corrected chi connectivity index (χ2v) is 7.00. The average Bonchev–Trinajstić information content (AvgIpc) is 2.79. The summed E-state index contributed by atoms with van der Waals surface area (Å²) in [7, 11) is 0. The van der Waals surface area contributed by atoms with Crippen LogP contribution in [0.25, 0.3) is 6.08 Å². The second-order valence-electron chi connectivity index (χ2n) is 7.00. The van der Waals surface area contributed by atoms with Crippen molar-refractivity contribution in [2.45, 2.75) is 13.0 Å². The molecule has 6 nitrogen and oxygen atoms in total. The molecule has 0 aliphatic rings.